The Balaban J connectivity index is 1.99. The average molecular weight is 317 g/mol. The molecule has 1 fully saturated rings. The van der Waals surface area contributed by atoms with Crippen molar-refractivity contribution in [2.45, 2.75) is 18.6 Å². The van der Waals surface area contributed by atoms with Gasteiger partial charge in [-0.2, -0.15) is 0 Å². The smallest absolute Gasteiger partial charge is 0.127 e. The Hall–Kier alpha value is -0.490. The van der Waals surface area contributed by atoms with Gasteiger partial charge >= 0.3 is 0 Å². The largest absolute Gasteiger partial charge is 0.374 e. The Labute approximate surface area is 115 Å². The highest BCUT2D eigenvalue weighted by atomic mass is 79.9. The standard InChI is InChI=1S/C13H18BrFN2O/c1-17-4-5-18-13(8-17)12(16)6-9-2-3-10(14)7-11(9)15/h2-3,7,12-13H,4-6,8,16H2,1H3. The maximum Gasteiger partial charge on any atom is 0.127 e. The highest BCUT2D eigenvalue weighted by Crippen LogP contribution is 2.18. The summed E-state index contributed by atoms with van der Waals surface area (Å²) in [6, 6.07) is 4.89. The number of ether oxygens (including phenoxy) is 1. The number of nitrogens with two attached hydrogens (primary N) is 1. The molecule has 1 aromatic rings. The number of hydrogen-bond acceptors (Lipinski definition) is 3. The lowest BCUT2D eigenvalue weighted by Crippen LogP contribution is -2.50. The van der Waals surface area contributed by atoms with Gasteiger partial charge < -0.3 is 15.4 Å². The van der Waals surface area contributed by atoms with Crippen LogP contribution in [0.25, 0.3) is 0 Å². The topological polar surface area (TPSA) is 38.5 Å². The fourth-order valence-corrected chi connectivity index (χ4v) is 2.48. The fourth-order valence-electron chi connectivity index (χ4n) is 2.14. The van der Waals surface area contributed by atoms with Crippen LogP contribution in [0.1, 0.15) is 5.56 Å². The molecule has 0 amide bonds. The third-order valence-corrected chi connectivity index (χ3v) is 3.74. The third-order valence-electron chi connectivity index (χ3n) is 3.24. The first-order chi connectivity index (χ1) is 8.56. The van der Waals surface area contributed by atoms with Crippen LogP contribution in [0.5, 0.6) is 0 Å². The van der Waals surface area contributed by atoms with E-state index in [2.05, 4.69) is 20.8 Å². The van der Waals surface area contributed by atoms with Crippen molar-refractivity contribution >= 4 is 15.9 Å². The number of rotatable bonds is 3. The molecule has 0 aliphatic carbocycles. The van der Waals surface area contributed by atoms with Gasteiger partial charge in [-0.25, -0.2) is 4.39 Å². The molecule has 1 aromatic carbocycles. The van der Waals surface area contributed by atoms with Gasteiger partial charge in [-0.1, -0.05) is 22.0 Å². The van der Waals surface area contributed by atoms with Crippen LogP contribution in [-0.2, 0) is 11.2 Å². The van der Waals surface area contributed by atoms with E-state index in [0.717, 1.165) is 17.6 Å². The summed E-state index contributed by atoms with van der Waals surface area (Å²) in [5.74, 6) is -0.219. The second-order valence-corrected chi connectivity index (χ2v) is 5.69. The summed E-state index contributed by atoms with van der Waals surface area (Å²) in [7, 11) is 2.04. The van der Waals surface area contributed by atoms with Gasteiger partial charge in [0.2, 0.25) is 0 Å². The van der Waals surface area contributed by atoms with Gasteiger partial charge in [0.05, 0.1) is 12.7 Å². The van der Waals surface area contributed by atoms with E-state index in [4.69, 9.17) is 10.5 Å². The van der Waals surface area contributed by atoms with Gasteiger partial charge in [-0.3, -0.25) is 0 Å². The van der Waals surface area contributed by atoms with Gasteiger partial charge in [0.1, 0.15) is 5.82 Å². The number of benzene rings is 1. The Morgan fingerprint density at radius 2 is 2.39 bits per heavy atom. The molecule has 1 saturated heterocycles. The lowest BCUT2D eigenvalue weighted by atomic mass is 10.0. The molecule has 2 N–H and O–H groups in total. The van der Waals surface area contributed by atoms with Crippen molar-refractivity contribution in [2.75, 3.05) is 26.7 Å². The summed E-state index contributed by atoms with van der Waals surface area (Å²) in [6.45, 7) is 2.42. The number of likely N-dealkylation sites (N-methyl/N-ethyl adjacent to an activating group) is 1. The third kappa shape index (κ3) is 3.51. The maximum atomic E-state index is 13.7. The quantitative estimate of drug-likeness (QED) is 0.924. The van der Waals surface area contributed by atoms with E-state index in [-0.39, 0.29) is 18.0 Å². The highest BCUT2D eigenvalue weighted by Gasteiger charge is 2.24. The Morgan fingerprint density at radius 3 is 3.06 bits per heavy atom. The van der Waals surface area contributed by atoms with E-state index in [1.54, 1.807) is 6.07 Å². The molecule has 0 aromatic heterocycles. The summed E-state index contributed by atoms with van der Waals surface area (Å²) in [5.41, 5.74) is 6.76. The SMILES string of the molecule is CN1CCOC(C(N)Cc2ccc(Br)cc2F)C1. The van der Waals surface area contributed by atoms with Gasteiger partial charge in [0, 0.05) is 23.6 Å². The molecule has 100 valence electrons. The summed E-state index contributed by atoms with van der Waals surface area (Å²) >= 11 is 3.24. The summed E-state index contributed by atoms with van der Waals surface area (Å²) in [5, 5.41) is 0. The second-order valence-electron chi connectivity index (χ2n) is 4.78. The molecule has 0 radical (unpaired) electrons. The molecule has 5 heteroatoms. The lowest BCUT2D eigenvalue weighted by Gasteiger charge is -2.33. The first-order valence-corrected chi connectivity index (χ1v) is 6.85. The van der Waals surface area contributed by atoms with Crippen LogP contribution < -0.4 is 5.73 Å². The normalized spacial score (nSPS) is 23.0. The van der Waals surface area contributed by atoms with Crippen LogP contribution in [0.3, 0.4) is 0 Å². The van der Waals surface area contributed by atoms with E-state index in [1.807, 2.05) is 13.1 Å². The van der Waals surface area contributed by atoms with Crippen molar-refractivity contribution in [3.8, 4) is 0 Å². The van der Waals surface area contributed by atoms with E-state index in [1.165, 1.54) is 6.07 Å². The second kappa shape index (κ2) is 6.10. The van der Waals surface area contributed by atoms with E-state index < -0.39 is 0 Å². The first kappa shape index (κ1) is 13.9. The van der Waals surface area contributed by atoms with E-state index >= 15 is 0 Å². The van der Waals surface area contributed by atoms with Crippen molar-refractivity contribution in [1.82, 2.24) is 4.90 Å². The Morgan fingerprint density at radius 1 is 1.61 bits per heavy atom. The molecule has 1 heterocycles. The number of morpholine rings is 1. The molecule has 3 nitrogen and oxygen atoms in total. The molecule has 1 aliphatic rings. The Kier molecular flexibility index (Phi) is 4.72. The molecule has 18 heavy (non-hydrogen) atoms. The lowest BCUT2D eigenvalue weighted by molar-refractivity contribution is -0.0320. The van der Waals surface area contributed by atoms with E-state index in [9.17, 15) is 4.39 Å². The monoisotopic (exact) mass is 316 g/mol. The van der Waals surface area contributed by atoms with E-state index in [0.29, 0.717) is 18.6 Å². The maximum absolute atomic E-state index is 13.7. The molecular weight excluding hydrogens is 299 g/mol. The molecule has 2 rings (SSSR count). The predicted octanol–water partition coefficient (Wildman–Crippen LogP) is 1.79. The van der Waals surface area contributed by atoms with Crippen LogP contribution >= 0.6 is 15.9 Å². The van der Waals surface area contributed by atoms with Gasteiger partial charge in [0.15, 0.2) is 0 Å². The molecule has 2 unspecified atom stereocenters. The molecule has 1 aliphatic heterocycles. The fraction of sp³-hybridized carbons (Fsp3) is 0.538. The van der Waals surface area contributed by atoms with Crippen molar-refractivity contribution in [3.05, 3.63) is 34.1 Å². The summed E-state index contributed by atoms with van der Waals surface area (Å²) in [4.78, 5) is 2.19. The minimum Gasteiger partial charge on any atom is -0.374 e. The van der Waals surface area contributed by atoms with Crippen molar-refractivity contribution < 1.29 is 9.13 Å². The zero-order valence-corrected chi connectivity index (χ0v) is 12.0. The first-order valence-electron chi connectivity index (χ1n) is 6.06. The molecule has 0 saturated carbocycles. The molecule has 2 atom stereocenters. The van der Waals surface area contributed by atoms with Gasteiger partial charge in [-0.15, -0.1) is 0 Å². The van der Waals surface area contributed by atoms with Gasteiger partial charge in [0.25, 0.3) is 0 Å². The number of hydrogen-bond donors (Lipinski definition) is 1. The predicted molar refractivity (Wildman–Crippen MR) is 73.0 cm³/mol. The number of halogens is 2. The number of nitrogens with zero attached hydrogens (tertiary/aromatic N) is 1. The van der Waals surface area contributed by atoms with Crippen molar-refractivity contribution in [3.63, 3.8) is 0 Å². The highest BCUT2D eigenvalue weighted by molar-refractivity contribution is 9.10. The molecule has 0 spiro atoms. The van der Waals surface area contributed by atoms with Crippen LogP contribution in [-0.4, -0.2) is 43.8 Å². The van der Waals surface area contributed by atoms with Crippen LogP contribution in [0.15, 0.2) is 22.7 Å². The zero-order valence-electron chi connectivity index (χ0n) is 10.4. The molecule has 0 bridgehead atoms. The zero-order chi connectivity index (χ0) is 13.1. The summed E-state index contributed by atoms with van der Waals surface area (Å²) < 4.78 is 20.1. The minimum atomic E-state index is -0.219. The molecular formula is C13H18BrFN2O. The summed E-state index contributed by atoms with van der Waals surface area (Å²) in [6.07, 6.45) is 0.476. The average Bonchev–Trinajstić information content (AvgIpc) is 2.32. The minimum absolute atomic E-state index is 0.0215. The van der Waals surface area contributed by atoms with Gasteiger partial charge in [-0.05, 0) is 31.2 Å². The van der Waals surface area contributed by atoms with Crippen LogP contribution in [0.2, 0.25) is 0 Å². The van der Waals surface area contributed by atoms with Crippen LogP contribution in [0.4, 0.5) is 4.39 Å². The van der Waals surface area contributed by atoms with Crippen molar-refractivity contribution in [2.24, 2.45) is 5.73 Å². The Bertz CT molecular complexity index is 416. The van der Waals surface area contributed by atoms with Crippen LogP contribution in [0, 0.1) is 5.82 Å². The van der Waals surface area contributed by atoms with Crippen molar-refractivity contribution in [1.29, 1.82) is 0 Å².